The molecule has 0 bridgehead atoms. The molecule has 3 N–H and O–H groups in total. The van der Waals surface area contributed by atoms with Gasteiger partial charge in [0.15, 0.2) is 0 Å². The molecule has 0 aliphatic heterocycles. The monoisotopic (exact) mass is 587 g/mol. The molecular weight excluding hydrogens is 558 g/mol. The second-order valence-electron chi connectivity index (χ2n) is 9.49. The summed E-state index contributed by atoms with van der Waals surface area (Å²) in [5.74, 6) is -0.0736. The first-order valence-electron chi connectivity index (χ1n) is 13.5. The number of amides is 3. The van der Waals surface area contributed by atoms with Crippen LogP contribution in [0.2, 0.25) is 0 Å². The topological polar surface area (TPSA) is 96.5 Å². The fourth-order valence-corrected chi connectivity index (χ4v) is 5.01. The number of nitrogens with one attached hydrogen (secondary N) is 3. The summed E-state index contributed by atoms with van der Waals surface area (Å²) in [5.41, 5.74) is 2.56. The van der Waals surface area contributed by atoms with Crippen molar-refractivity contribution >= 4 is 57.7 Å². The lowest BCUT2D eigenvalue weighted by Crippen LogP contribution is -2.30. The molecule has 0 fully saturated rings. The molecule has 0 atom stereocenters. The highest BCUT2D eigenvalue weighted by Crippen LogP contribution is 2.25. The van der Waals surface area contributed by atoms with Crippen LogP contribution in [0, 0.1) is 0 Å². The molecule has 0 heterocycles. The minimum Gasteiger partial charge on any atom is -0.497 e. The first-order chi connectivity index (χ1) is 21.0. The maximum atomic E-state index is 13.3. The number of thioether (sulfide) groups is 1. The summed E-state index contributed by atoms with van der Waals surface area (Å²) >= 11 is 1.39. The van der Waals surface area contributed by atoms with Gasteiger partial charge in [-0.2, -0.15) is 0 Å². The second-order valence-corrected chi connectivity index (χ2v) is 10.5. The Hall–Kier alpha value is -5.34. The van der Waals surface area contributed by atoms with E-state index in [1.54, 1.807) is 73.8 Å². The molecule has 0 saturated heterocycles. The zero-order valence-electron chi connectivity index (χ0n) is 23.4. The smallest absolute Gasteiger partial charge is 0.272 e. The molecule has 5 aromatic rings. The van der Waals surface area contributed by atoms with Gasteiger partial charge in [-0.25, -0.2) is 0 Å². The van der Waals surface area contributed by atoms with E-state index in [2.05, 4.69) is 16.0 Å². The van der Waals surface area contributed by atoms with Crippen LogP contribution in [0.4, 0.5) is 11.4 Å². The van der Waals surface area contributed by atoms with Gasteiger partial charge in [-0.3, -0.25) is 14.4 Å². The van der Waals surface area contributed by atoms with Crippen LogP contribution in [0.15, 0.2) is 132 Å². The lowest BCUT2D eigenvalue weighted by Gasteiger charge is -2.12. The summed E-state index contributed by atoms with van der Waals surface area (Å²) in [5, 5.41) is 10.6. The fraction of sp³-hybridized carbons (Fsp3) is 0.0571. The summed E-state index contributed by atoms with van der Waals surface area (Å²) in [6.45, 7) is 0. The van der Waals surface area contributed by atoms with Crippen LogP contribution >= 0.6 is 11.8 Å². The van der Waals surface area contributed by atoms with Crippen LogP contribution in [-0.4, -0.2) is 30.6 Å². The molecule has 214 valence electrons. The van der Waals surface area contributed by atoms with Gasteiger partial charge in [0.05, 0.1) is 12.9 Å². The van der Waals surface area contributed by atoms with E-state index in [9.17, 15) is 14.4 Å². The number of rotatable bonds is 10. The zero-order valence-corrected chi connectivity index (χ0v) is 24.2. The van der Waals surface area contributed by atoms with E-state index in [0.717, 1.165) is 21.4 Å². The quantitative estimate of drug-likeness (QED) is 0.121. The Morgan fingerprint density at radius 2 is 1.44 bits per heavy atom. The average Bonchev–Trinajstić information content (AvgIpc) is 3.05. The maximum Gasteiger partial charge on any atom is 0.272 e. The van der Waals surface area contributed by atoms with Gasteiger partial charge in [0.25, 0.3) is 11.8 Å². The summed E-state index contributed by atoms with van der Waals surface area (Å²) in [4.78, 5) is 39.7. The standard InChI is InChI=1S/C35H29N3O4S/c1-42-28-18-14-24(15-19-28)22-32(38-34(40)26-9-3-2-4-10-26)35(41)36-27-16-20-29(21-17-27)43-23-33(39)37-31-13-7-11-25-8-5-6-12-30(25)31/h2-22H,23H2,1H3,(H,36,41)(H,37,39)(H,38,40)/b32-22-. The normalized spacial score (nSPS) is 11.0. The number of hydrogen-bond acceptors (Lipinski definition) is 5. The Morgan fingerprint density at radius 3 is 2.19 bits per heavy atom. The van der Waals surface area contributed by atoms with E-state index >= 15 is 0 Å². The molecule has 5 aromatic carbocycles. The molecule has 3 amide bonds. The third-order valence-electron chi connectivity index (χ3n) is 6.50. The molecule has 0 aromatic heterocycles. The lowest BCUT2D eigenvalue weighted by atomic mass is 10.1. The van der Waals surface area contributed by atoms with E-state index in [4.69, 9.17) is 4.74 Å². The minimum absolute atomic E-state index is 0.0857. The van der Waals surface area contributed by atoms with Crippen molar-refractivity contribution < 1.29 is 19.1 Å². The average molecular weight is 588 g/mol. The van der Waals surface area contributed by atoms with E-state index < -0.39 is 11.8 Å². The predicted molar refractivity (Wildman–Crippen MR) is 173 cm³/mol. The molecule has 0 saturated carbocycles. The van der Waals surface area contributed by atoms with Crippen LogP contribution in [-0.2, 0) is 9.59 Å². The highest BCUT2D eigenvalue weighted by Gasteiger charge is 2.15. The summed E-state index contributed by atoms with van der Waals surface area (Å²) in [6, 6.07) is 36.7. The van der Waals surface area contributed by atoms with Crippen molar-refractivity contribution in [1.29, 1.82) is 0 Å². The largest absolute Gasteiger partial charge is 0.497 e. The predicted octanol–water partition coefficient (Wildman–Crippen LogP) is 6.99. The molecule has 0 unspecified atom stereocenters. The Kier molecular flexibility index (Phi) is 9.51. The Bertz CT molecular complexity index is 1760. The van der Waals surface area contributed by atoms with Gasteiger partial charge >= 0.3 is 0 Å². The molecule has 0 aliphatic carbocycles. The van der Waals surface area contributed by atoms with Gasteiger partial charge in [0.2, 0.25) is 5.91 Å². The number of carbonyl (C=O) groups is 3. The Labute approximate surface area is 254 Å². The SMILES string of the molecule is COc1ccc(/C=C(\NC(=O)c2ccccc2)C(=O)Nc2ccc(SCC(=O)Nc3cccc4ccccc34)cc2)cc1. The first-order valence-corrected chi connectivity index (χ1v) is 14.5. The number of hydrogen-bond donors (Lipinski definition) is 3. The number of fused-ring (bicyclic) bond motifs is 1. The van der Waals surface area contributed by atoms with Gasteiger partial charge in [-0.05, 0) is 71.6 Å². The van der Waals surface area contributed by atoms with Gasteiger partial charge < -0.3 is 20.7 Å². The third kappa shape index (κ3) is 7.90. The molecular formula is C35H29N3O4S. The fourth-order valence-electron chi connectivity index (χ4n) is 4.31. The lowest BCUT2D eigenvalue weighted by molar-refractivity contribution is -0.114. The van der Waals surface area contributed by atoms with Crippen molar-refractivity contribution in [2.45, 2.75) is 4.90 Å². The highest BCUT2D eigenvalue weighted by molar-refractivity contribution is 8.00. The molecule has 7 nitrogen and oxygen atoms in total. The summed E-state index contributed by atoms with van der Waals surface area (Å²) < 4.78 is 5.21. The van der Waals surface area contributed by atoms with Crippen LogP contribution in [0.5, 0.6) is 5.75 Å². The van der Waals surface area contributed by atoms with Crippen LogP contribution < -0.4 is 20.7 Å². The van der Waals surface area contributed by atoms with Crippen molar-refractivity contribution in [1.82, 2.24) is 5.32 Å². The summed E-state index contributed by atoms with van der Waals surface area (Å²) in [6.07, 6.45) is 1.61. The van der Waals surface area contributed by atoms with Crippen LogP contribution in [0.1, 0.15) is 15.9 Å². The Morgan fingerprint density at radius 1 is 0.744 bits per heavy atom. The molecule has 8 heteroatoms. The Balaban J connectivity index is 1.23. The molecule has 0 radical (unpaired) electrons. The number of carbonyl (C=O) groups excluding carboxylic acids is 3. The van der Waals surface area contributed by atoms with E-state index in [1.807, 2.05) is 60.7 Å². The van der Waals surface area contributed by atoms with Gasteiger partial charge in [-0.1, -0.05) is 66.7 Å². The van der Waals surface area contributed by atoms with Gasteiger partial charge in [0, 0.05) is 27.2 Å². The van der Waals surface area contributed by atoms with Crippen molar-refractivity contribution in [3.05, 3.63) is 138 Å². The van der Waals surface area contributed by atoms with Crippen LogP contribution in [0.25, 0.3) is 16.8 Å². The molecule has 0 spiro atoms. The number of ether oxygens (including phenoxy) is 1. The number of benzene rings is 5. The van der Waals surface area contributed by atoms with Gasteiger partial charge in [0.1, 0.15) is 11.4 Å². The van der Waals surface area contributed by atoms with Crippen molar-refractivity contribution in [3.8, 4) is 5.75 Å². The van der Waals surface area contributed by atoms with Crippen molar-refractivity contribution in [2.75, 3.05) is 23.5 Å². The van der Waals surface area contributed by atoms with Crippen molar-refractivity contribution in [2.24, 2.45) is 0 Å². The van der Waals surface area contributed by atoms with Crippen LogP contribution in [0.3, 0.4) is 0 Å². The third-order valence-corrected chi connectivity index (χ3v) is 7.51. The van der Waals surface area contributed by atoms with E-state index in [0.29, 0.717) is 22.6 Å². The maximum absolute atomic E-state index is 13.3. The van der Waals surface area contributed by atoms with Crippen molar-refractivity contribution in [3.63, 3.8) is 0 Å². The van der Waals surface area contributed by atoms with E-state index in [-0.39, 0.29) is 17.4 Å². The molecule has 43 heavy (non-hydrogen) atoms. The minimum atomic E-state index is -0.477. The highest BCUT2D eigenvalue weighted by atomic mass is 32.2. The number of anilines is 2. The summed E-state index contributed by atoms with van der Waals surface area (Å²) in [7, 11) is 1.58. The zero-order chi connectivity index (χ0) is 30.0. The van der Waals surface area contributed by atoms with Gasteiger partial charge in [-0.15, -0.1) is 11.8 Å². The van der Waals surface area contributed by atoms with E-state index in [1.165, 1.54) is 11.8 Å². The molecule has 5 rings (SSSR count). The molecule has 0 aliphatic rings. The second kappa shape index (κ2) is 14.0. The number of methoxy groups -OCH3 is 1. The first kappa shape index (κ1) is 29.2.